The first-order valence-corrected chi connectivity index (χ1v) is 18.5. The van der Waals surface area contributed by atoms with Crippen LogP contribution in [0.1, 0.15) is 94.9 Å². The van der Waals surface area contributed by atoms with Crippen LogP contribution in [0.25, 0.3) is 0 Å². The topological polar surface area (TPSA) is 194 Å². The van der Waals surface area contributed by atoms with Crippen LogP contribution in [0.15, 0.2) is 0 Å². The molecule has 0 bridgehead atoms. The van der Waals surface area contributed by atoms with E-state index in [1.807, 2.05) is 25.9 Å². The number of aliphatic hydroxyl groups excluding tert-OH is 3. The van der Waals surface area contributed by atoms with E-state index >= 15 is 0 Å². The first-order chi connectivity index (χ1) is 23.4. The molecule has 3 aliphatic rings. The van der Waals surface area contributed by atoms with Crippen molar-refractivity contribution in [1.29, 1.82) is 0 Å². The number of Topliss-reactive ketones (excluding diaryl/α,β-unsaturated/α-hetero) is 1. The van der Waals surface area contributed by atoms with Crippen LogP contribution >= 0.6 is 0 Å². The maximum absolute atomic E-state index is 14.1. The van der Waals surface area contributed by atoms with Crippen LogP contribution < -0.4 is 0 Å². The second-order valence-electron chi connectivity index (χ2n) is 16.5. The van der Waals surface area contributed by atoms with Crippen LogP contribution in [0.2, 0.25) is 0 Å². The number of hydrogen-bond acceptors (Lipinski definition) is 14. The molecule has 0 amide bonds. The van der Waals surface area contributed by atoms with Gasteiger partial charge in [-0.05, 0) is 74.9 Å². The second kappa shape index (κ2) is 17.0. The van der Waals surface area contributed by atoms with Crippen molar-refractivity contribution in [3.63, 3.8) is 0 Å². The fourth-order valence-electron chi connectivity index (χ4n) is 8.41. The normalized spacial score (nSPS) is 49.7. The summed E-state index contributed by atoms with van der Waals surface area (Å²) in [5.41, 5.74) is -4.84. The van der Waals surface area contributed by atoms with Crippen LogP contribution in [0.5, 0.6) is 0 Å². The fraction of sp³-hybridized carbons (Fsp3) is 0.946. The minimum atomic E-state index is -1.99. The molecule has 3 fully saturated rings. The lowest BCUT2D eigenvalue weighted by Crippen LogP contribution is -2.61. The molecule has 3 aliphatic heterocycles. The molecule has 3 heterocycles. The van der Waals surface area contributed by atoms with Crippen LogP contribution in [0.3, 0.4) is 0 Å². The van der Waals surface area contributed by atoms with E-state index in [9.17, 15) is 35.1 Å². The van der Waals surface area contributed by atoms with Crippen molar-refractivity contribution in [1.82, 2.24) is 4.90 Å². The Morgan fingerprint density at radius 2 is 1.49 bits per heavy atom. The van der Waals surface area contributed by atoms with Gasteiger partial charge in [0.25, 0.3) is 0 Å². The highest BCUT2D eigenvalue weighted by Gasteiger charge is 2.53. The highest BCUT2D eigenvalue weighted by molar-refractivity contribution is 5.83. The molecule has 0 spiro atoms. The molecule has 3 rings (SSSR count). The lowest BCUT2D eigenvalue weighted by atomic mass is 9.74. The third kappa shape index (κ3) is 9.51. The van der Waals surface area contributed by atoms with Crippen molar-refractivity contribution in [2.45, 2.75) is 179 Å². The van der Waals surface area contributed by atoms with Gasteiger partial charge >= 0.3 is 5.97 Å². The van der Waals surface area contributed by atoms with E-state index in [0.717, 1.165) is 0 Å². The summed E-state index contributed by atoms with van der Waals surface area (Å²) in [6, 6.07) is -0.324. The highest BCUT2D eigenvalue weighted by Crippen LogP contribution is 2.40. The van der Waals surface area contributed by atoms with Crippen LogP contribution in [-0.2, 0) is 38.0 Å². The number of hydrogen-bond donors (Lipinski definition) is 5. The molecule has 0 unspecified atom stereocenters. The number of cyclic esters (lactones) is 1. The molecular weight excluding hydrogens is 666 g/mol. The molecule has 298 valence electrons. The molecule has 51 heavy (non-hydrogen) atoms. The quantitative estimate of drug-likeness (QED) is 0.238. The third-order valence-electron chi connectivity index (χ3n) is 11.8. The summed E-state index contributed by atoms with van der Waals surface area (Å²) in [6.07, 6.45) is -9.71. The lowest BCUT2D eigenvalue weighted by molar-refractivity contribution is -0.318. The molecule has 0 aromatic heterocycles. The van der Waals surface area contributed by atoms with Gasteiger partial charge < -0.3 is 58.9 Å². The predicted molar refractivity (Wildman–Crippen MR) is 186 cm³/mol. The van der Waals surface area contributed by atoms with Crippen molar-refractivity contribution in [2.24, 2.45) is 23.7 Å². The van der Waals surface area contributed by atoms with E-state index < -0.39 is 108 Å². The smallest absolute Gasteiger partial charge is 0.311 e. The summed E-state index contributed by atoms with van der Waals surface area (Å²) >= 11 is 0. The molecule has 0 aromatic rings. The van der Waals surface area contributed by atoms with Crippen molar-refractivity contribution in [3.05, 3.63) is 0 Å². The molecule has 3 saturated heterocycles. The Balaban J connectivity index is 2.18. The molecular formula is C37H67NO13. The number of ether oxygens (including phenoxy) is 6. The number of rotatable bonds is 7. The summed E-state index contributed by atoms with van der Waals surface area (Å²) < 4.78 is 37.1. The Kier molecular flexibility index (Phi) is 14.7. The summed E-state index contributed by atoms with van der Waals surface area (Å²) in [6.45, 7) is 16.3. The Hall–Kier alpha value is -1.30. The van der Waals surface area contributed by atoms with Gasteiger partial charge in [0, 0.05) is 37.3 Å². The van der Waals surface area contributed by atoms with E-state index in [4.69, 9.17) is 28.4 Å². The number of ketones is 1. The van der Waals surface area contributed by atoms with Gasteiger partial charge in [0.15, 0.2) is 12.6 Å². The molecule has 0 aliphatic carbocycles. The number of carbonyl (C=O) groups is 2. The average molecular weight is 734 g/mol. The van der Waals surface area contributed by atoms with Gasteiger partial charge in [-0.25, -0.2) is 0 Å². The maximum atomic E-state index is 14.1. The van der Waals surface area contributed by atoms with E-state index in [1.165, 1.54) is 27.9 Å². The summed E-state index contributed by atoms with van der Waals surface area (Å²) in [5.74, 6) is -4.98. The fourth-order valence-corrected chi connectivity index (χ4v) is 8.41. The van der Waals surface area contributed by atoms with Gasteiger partial charge in [-0.1, -0.05) is 27.7 Å². The third-order valence-corrected chi connectivity index (χ3v) is 11.8. The minimum absolute atomic E-state index is 0.0936. The molecule has 0 saturated carbocycles. The van der Waals surface area contributed by atoms with Gasteiger partial charge in [0.05, 0.1) is 47.6 Å². The number of methoxy groups -OCH3 is 1. The maximum Gasteiger partial charge on any atom is 0.311 e. The predicted octanol–water partition coefficient (Wildman–Crippen LogP) is 1.79. The molecule has 0 aromatic carbocycles. The van der Waals surface area contributed by atoms with Crippen LogP contribution in [0, 0.1) is 23.7 Å². The Bertz CT molecular complexity index is 1170. The second-order valence-corrected chi connectivity index (χ2v) is 16.5. The highest BCUT2D eigenvalue weighted by atomic mass is 16.7. The SMILES string of the molecule is CC[C@H]1OC(=O)[C@H](C)[C@@H](O[C@H]2C[C@@](C)(OC)[C@@H](O)[C@H](C)O2)[C@H](C)[C@@H](O[C@@H]2O[C@H](C)C[C@H](N(C)C)[C@@H]2O)[C@](C)(O)C[C@@H](C)C(=O)[C@H](C)[C@@H](O)[C@]1(C)O. The largest absolute Gasteiger partial charge is 0.459 e. The van der Waals surface area contributed by atoms with E-state index in [2.05, 4.69) is 0 Å². The molecule has 14 heteroatoms. The molecule has 5 N–H and O–H groups in total. The van der Waals surface area contributed by atoms with Crippen molar-refractivity contribution >= 4 is 11.8 Å². The zero-order chi connectivity index (χ0) is 39.0. The van der Waals surface area contributed by atoms with E-state index in [0.29, 0.717) is 6.42 Å². The number of carbonyl (C=O) groups excluding carboxylic acids is 2. The monoisotopic (exact) mass is 733 g/mol. The Labute approximate surface area is 304 Å². The van der Waals surface area contributed by atoms with Crippen molar-refractivity contribution < 1.29 is 63.5 Å². The average Bonchev–Trinajstić information content (AvgIpc) is 3.05. The molecule has 18 atom stereocenters. The molecule has 0 radical (unpaired) electrons. The minimum Gasteiger partial charge on any atom is -0.459 e. The summed E-state index contributed by atoms with van der Waals surface area (Å²) in [5, 5.41) is 57.6. The van der Waals surface area contributed by atoms with E-state index in [-0.39, 0.29) is 31.4 Å². The number of nitrogens with zero attached hydrogens (tertiary/aromatic N) is 1. The standard InChI is InChI=1S/C37H67NO13/c1-14-25-37(10,45)30(41)20(4)27(39)18(2)16-35(8,44)32(51-34-28(40)24(38(11)12)15-19(3)47-34)21(5)29(22(6)33(43)49-25)50-26-17-36(9,46-13)31(42)23(7)48-26/h18-26,28-32,34,40-42,44-45H,14-17H2,1-13H3/t18-,19-,20+,21+,22-,23+,24+,25-,26+,28+,29+,30-,31+,32-,34+,35-,36-,37-/m1/s1. The number of aliphatic hydroxyl groups is 5. The number of likely N-dealkylation sites (N-methyl/N-ethyl adjacent to an activating group) is 1. The van der Waals surface area contributed by atoms with Crippen molar-refractivity contribution in [2.75, 3.05) is 21.2 Å². The Morgan fingerprint density at radius 3 is 2.04 bits per heavy atom. The van der Waals surface area contributed by atoms with Gasteiger partial charge in [0.1, 0.15) is 29.7 Å². The zero-order valence-corrected chi connectivity index (χ0v) is 32.9. The van der Waals surface area contributed by atoms with Crippen LogP contribution in [-0.4, -0.2) is 148 Å². The van der Waals surface area contributed by atoms with Gasteiger partial charge in [0.2, 0.25) is 0 Å². The molecule has 14 nitrogen and oxygen atoms in total. The lowest BCUT2D eigenvalue weighted by Gasteiger charge is -2.49. The van der Waals surface area contributed by atoms with Gasteiger partial charge in [-0.3, -0.25) is 9.59 Å². The first kappa shape index (κ1) is 44.1. The zero-order valence-electron chi connectivity index (χ0n) is 32.9. The van der Waals surface area contributed by atoms with Gasteiger partial charge in [-0.2, -0.15) is 0 Å². The van der Waals surface area contributed by atoms with Gasteiger partial charge in [-0.15, -0.1) is 0 Å². The van der Waals surface area contributed by atoms with Crippen molar-refractivity contribution in [3.8, 4) is 0 Å². The Morgan fingerprint density at radius 1 is 0.882 bits per heavy atom. The first-order valence-electron chi connectivity index (χ1n) is 18.5. The number of esters is 1. The van der Waals surface area contributed by atoms with E-state index in [1.54, 1.807) is 41.5 Å². The summed E-state index contributed by atoms with van der Waals surface area (Å²) in [7, 11) is 5.18. The van der Waals surface area contributed by atoms with Crippen LogP contribution in [0.4, 0.5) is 0 Å². The summed E-state index contributed by atoms with van der Waals surface area (Å²) in [4.78, 5) is 29.8.